The van der Waals surface area contributed by atoms with Crippen LogP contribution in [0.25, 0.3) is 0 Å². The third-order valence-corrected chi connectivity index (χ3v) is 3.06. The summed E-state index contributed by atoms with van der Waals surface area (Å²) in [5.74, 6) is 1.53. The molecule has 0 aliphatic carbocycles. The van der Waals surface area contributed by atoms with Crippen molar-refractivity contribution < 1.29 is 9.47 Å². The normalized spacial score (nSPS) is 11.9. The number of nitrogens with zero attached hydrogens (tertiary/aromatic N) is 1. The summed E-state index contributed by atoms with van der Waals surface area (Å²) >= 11 is 0. The minimum Gasteiger partial charge on any atom is -0.493 e. The smallest absolute Gasteiger partial charge is 0.161 e. The molecule has 4 heteroatoms. The molecule has 0 radical (unpaired) electrons. The quantitative estimate of drug-likeness (QED) is 0.787. The van der Waals surface area contributed by atoms with Crippen LogP contribution in [0.15, 0.2) is 48.8 Å². The maximum Gasteiger partial charge on any atom is 0.161 e. The lowest BCUT2D eigenvalue weighted by atomic mass is 10.1. The largest absolute Gasteiger partial charge is 0.493 e. The fourth-order valence-corrected chi connectivity index (χ4v) is 1.92. The van der Waals surface area contributed by atoms with Gasteiger partial charge in [-0.2, -0.15) is 0 Å². The molecule has 0 saturated carbocycles. The molecule has 1 N–H and O–H groups in total. The zero-order valence-electron chi connectivity index (χ0n) is 11.9. The van der Waals surface area contributed by atoms with E-state index in [-0.39, 0.29) is 6.04 Å². The number of para-hydroxylation sites is 2. The van der Waals surface area contributed by atoms with Gasteiger partial charge in [-0.1, -0.05) is 18.2 Å². The van der Waals surface area contributed by atoms with Crippen molar-refractivity contribution in [2.24, 2.45) is 0 Å². The van der Waals surface area contributed by atoms with E-state index < -0.39 is 0 Å². The standard InChI is InChI=1S/C16H20N2O2/c1-13(14-6-5-9-17-12-14)18-10-11-20-16-8-4-3-7-15(16)19-2/h3-9,12-13,18H,10-11H2,1-2H3. The number of pyridine rings is 1. The van der Waals surface area contributed by atoms with Crippen molar-refractivity contribution >= 4 is 0 Å². The van der Waals surface area contributed by atoms with Crippen molar-refractivity contribution in [1.29, 1.82) is 0 Å². The average Bonchev–Trinajstić information content (AvgIpc) is 2.52. The highest BCUT2D eigenvalue weighted by Crippen LogP contribution is 2.25. The Kier molecular flexibility index (Phi) is 5.38. The first-order valence-electron chi connectivity index (χ1n) is 6.70. The molecular formula is C16H20N2O2. The monoisotopic (exact) mass is 272 g/mol. The number of rotatable bonds is 7. The fourth-order valence-electron chi connectivity index (χ4n) is 1.92. The summed E-state index contributed by atoms with van der Waals surface area (Å²) in [6.45, 7) is 3.46. The Hall–Kier alpha value is -2.07. The zero-order chi connectivity index (χ0) is 14.2. The van der Waals surface area contributed by atoms with Gasteiger partial charge in [-0.05, 0) is 30.7 Å². The van der Waals surface area contributed by atoms with Crippen LogP contribution in [0, 0.1) is 0 Å². The molecule has 106 valence electrons. The molecule has 1 unspecified atom stereocenters. The molecule has 0 spiro atoms. The first kappa shape index (κ1) is 14.3. The second-order valence-electron chi connectivity index (χ2n) is 4.46. The molecule has 20 heavy (non-hydrogen) atoms. The van der Waals surface area contributed by atoms with Crippen LogP contribution < -0.4 is 14.8 Å². The summed E-state index contributed by atoms with van der Waals surface area (Å²) in [6, 6.07) is 11.9. The van der Waals surface area contributed by atoms with E-state index in [9.17, 15) is 0 Å². The van der Waals surface area contributed by atoms with Gasteiger partial charge in [-0.15, -0.1) is 0 Å². The van der Waals surface area contributed by atoms with Gasteiger partial charge in [0.15, 0.2) is 11.5 Å². The lowest BCUT2D eigenvalue weighted by Crippen LogP contribution is -2.24. The van der Waals surface area contributed by atoms with Crippen molar-refractivity contribution in [2.45, 2.75) is 13.0 Å². The second kappa shape index (κ2) is 7.50. The molecule has 0 amide bonds. The summed E-state index contributed by atoms with van der Waals surface area (Å²) in [5.41, 5.74) is 1.17. The van der Waals surface area contributed by atoms with Gasteiger partial charge in [0.1, 0.15) is 6.61 Å². The van der Waals surface area contributed by atoms with Crippen LogP contribution in [0.4, 0.5) is 0 Å². The van der Waals surface area contributed by atoms with Crippen LogP contribution in [0.5, 0.6) is 11.5 Å². The van der Waals surface area contributed by atoms with Gasteiger partial charge in [0, 0.05) is 25.0 Å². The minimum absolute atomic E-state index is 0.255. The molecule has 1 aromatic carbocycles. The van der Waals surface area contributed by atoms with Gasteiger partial charge < -0.3 is 14.8 Å². The molecular weight excluding hydrogens is 252 g/mol. The van der Waals surface area contributed by atoms with Crippen LogP contribution in [-0.4, -0.2) is 25.2 Å². The van der Waals surface area contributed by atoms with Crippen molar-refractivity contribution in [1.82, 2.24) is 10.3 Å². The van der Waals surface area contributed by atoms with E-state index in [1.54, 1.807) is 13.3 Å². The second-order valence-corrected chi connectivity index (χ2v) is 4.46. The van der Waals surface area contributed by atoms with E-state index in [2.05, 4.69) is 23.3 Å². The Balaban J connectivity index is 1.76. The maximum absolute atomic E-state index is 5.71. The molecule has 0 fully saturated rings. The lowest BCUT2D eigenvalue weighted by molar-refractivity contribution is 0.287. The van der Waals surface area contributed by atoms with Gasteiger partial charge in [0.2, 0.25) is 0 Å². The van der Waals surface area contributed by atoms with Crippen molar-refractivity contribution in [3.8, 4) is 11.5 Å². The first-order valence-corrected chi connectivity index (χ1v) is 6.70. The van der Waals surface area contributed by atoms with Gasteiger partial charge in [-0.25, -0.2) is 0 Å². The molecule has 0 saturated heterocycles. The number of methoxy groups -OCH3 is 1. The fraction of sp³-hybridized carbons (Fsp3) is 0.312. The molecule has 0 aliphatic rings. The highest BCUT2D eigenvalue weighted by atomic mass is 16.5. The Morgan fingerprint density at radius 1 is 1.15 bits per heavy atom. The van der Waals surface area contributed by atoms with Crippen LogP contribution in [-0.2, 0) is 0 Å². The summed E-state index contributed by atoms with van der Waals surface area (Å²) in [7, 11) is 1.64. The highest BCUT2D eigenvalue weighted by Gasteiger charge is 2.05. The number of nitrogens with one attached hydrogen (secondary N) is 1. The maximum atomic E-state index is 5.71. The Morgan fingerprint density at radius 3 is 2.65 bits per heavy atom. The Labute approximate surface area is 119 Å². The van der Waals surface area contributed by atoms with Crippen LogP contribution in [0.3, 0.4) is 0 Å². The first-order chi connectivity index (χ1) is 9.81. The third kappa shape index (κ3) is 3.96. The van der Waals surface area contributed by atoms with Crippen LogP contribution in [0.1, 0.15) is 18.5 Å². The van der Waals surface area contributed by atoms with E-state index in [4.69, 9.17) is 9.47 Å². The number of hydrogen-bond donors (Lipinski definition) is 1. The molecule has 0 aliphatic heterocycles. The van der Waals surface area contributed by atoms with Gasteiger partial charge >= 0.3 is 0 Å². The van der Waals surface area contributed by atoms with Crippen molar-refractivity contribution in [3.63, 3.8) is 0 Å². The summed E-state index contributed by atoms with van der Waals surface area (Å²) in [5, 5.41) is 3.40. The van der Waals surface area contributed by atoms with Crippen molar-refractivity contribution in [3.05, 3.63) is 54.4 Å². The lowest BCUT2D eigenvalue weighted by Gasteiger charge is -2.15. The number of hydrogen-bond acceptors (Lipinski definition) is 4. The zero-order valence-corrected chi connectivity index (χ0v) is 11.9. The van der Waals surface area contributed by atoms with E-state index in [1.165, 1.54) is 5.56 Å². The van der Waals surface area contributed by atoms with E-state index in [1.807, 2.05) is 36.5 Å². The number of ether oxygens (including phenoxy) is 2. The Bertz CT molecular complexity index is 517. The average molecular weight is 272 g/mol. The van der Waals surface area contributed by atoms with Gasteiger partial charge in [0.25, 0.3) is 0 Å². The predicted molar refractivity (Wildman–Crippen MR) is 79.1 cm³/mol. The van der Waals surface area contributed by atoms with E-state index in [0.717, 1.165) is 18.0 Å². The topological polar surface area (TPSA) is 43.4 Å². The Morgan fingerprint density at radius 2 is 1.95 bits per heavy atom. The predicted octanol–water partition coefficient (Wildman–Crippen LogP) is 2.82. The number of benzene rings is 1. The summed E-state index contributed by atoms with van der Waals surface area (Å²) in [6.07, 6.45) is 3.65. The molecule has 1 heterocycles. The molecule has 0 bridgehead atoms. The summed E-state index contributed by atoms with van der Waals surface area (Å²) < 4.78 is 11.0. The third-order valence-electron chi connectivity index (χ3n) is 3.06. The van der Waals surface area contributed by atoms with Gasteiger partial charge in [-0.3, -0.25) is 4.98 Å². The molecule has 2 aromatic rings. The minimum atomic E-state index is 0.255. The van der Waals surface area contributed by atoms with E-state index in [0.29, 0.717) is 6.61 Å². The van der Waals surface area contributed by atoms with E-state index >= 15 is 0 Å². The molecule has 1 atom stereocenters. The molecule has 1 aromatic heterocycles. The molecule has 2 rings (SSSR count). The molecule has 4 nitrogen and oxygen atoms in total. The van der Waals surface area contributed by atoms with Crippen molar-refractivity contribution in [2.75, 3.05) is 20.3 Å². The van der Waals surface area contributed by atoms with Crippen LogP contribution >= 0.6 is 0 Å². The number of aromatic nitrogens is 1. The SMILES string of the molecule is COc1ccccc1OCCNC(C)c1cccnc1. The van der Waals surface area contributed by atoms with Crippen LogP contribution in [0.2, 0.25) is 0 Å². The van der Waals surface area contributed by atoms with Gasteiger partial charge in [0.05, 0.1) is 7.11 Å². The highest BCUT2D eigenvalue weighted by molar-refractivity contribution is 5.39. The summed E-state index contributed by atoms with van der Waals surface area (Å²) in [4.78, 5) is 4.12.